The van der Waals surface area contributed by atoms with E-state index in [9.17, 15) is 19.1 Å². The summed E-state index contributed by atoms with van der Waals surface area (Å²) in [5.41, 5.74) is 2.04. The standard InChI is InChI=1S/C28H33FN4O4/c1-4-11-30-12-6-13-32-26(35)28(3)16-22-21-15-20(37-17(2)29)9-10-23(21)31-24(22)25(33(28)27(32)36)18-7-5-8-19(34)14-18/h5,7-10,14-15,17,25,30-31,34H,4,6,11-13,16H2,1-3H3/t17?,25-,28+/m1/s1. The van der Waals surface area contributed by atoms with Crippen molar-refractivity contribution < 1.29 is 23.8 Å². The minimum Gasteiger partial charge on any atom is -0.508 e. The third-order valence-corrected chi connectivity index (χ3v) is 7.28. The molecule has 3 aromatic rings. The van der Waals surface area contributed by atoms with Crippen LogP contribution in [0.25, 0.3) is 10.9 Å². The van der Waals surface area contributed by atoms with Crippen molar-refractivity contribution in [2.24, 2.45) is 0 Å². The molecule has 5 rings (SSSR count). The number of aromatic nitrogens is 1. The number of imide groups is 1. The molecular formula is C28H33FN4O4. The number of phenolic OH excluding ortho intramolecular Hbond substituents is 1. The van der Waals surface area contributed by atoms with Crippen LogP contribution >= 0.6 is 0 Å². The molecular weight excluding hydrogens is 475 g/mol. The zero-order chi connectivity index (χ0) is 26.3. The number of hydrogen-bond acceptors (Lipinski definition) is 5. The van der Waals surface area contributed by atoms with Crippen LogP contribution in [0.4, 0.5) is 9.18 Å². The fourth-order valence-electron chi connectivity index (χ4n) is 5.66. The normalized spacial score (nSPS) is 21.9. The van der Waals surface area contributed by atoms with Crippen molar-refractivity contribution in [1.82, 2.24) is 20.1 Å². The second-order valence-corrected chi connectivity index (χ2v) is 10.0. The smallest absolute Gasteiger partial charge is 0.328 e. The number of nitrogens with one attached hydrogen (secondary N) is 2. The van der Waals surface area contributed by atoms with Crippen LogP contribution < -0.4 is 10.1 Å². The summed E-state index contributed by atoms with van der Waals surface area (Å²) in [7, 11) is 0. The molecule has 3 N–H and O–H groups in total. The zero-order valence-corrected chi connectivity index (χ0v) is 21.4. The van der Waals surface area contributed by atoms with Crippen LogP contribution in [0.2, 0.25) is 0 Å². The third kappa shape index (κ3) is 4.31. The highest BCUT2D eigenvalue weighted by atomic mass is 19.1. The van der Waals surface area contributed by atoms with Crippen LogP contribution in [0.15, 0.2) is 42.5 Å². The van der Waals surface area contributed by atoms with Gasteiger partial charge in [0.25, 0.3) is 5.91 Å². The number of ether oxygens (including phenoxy) is 1. The van der Waals surface area contributed by atoms with Gasteiger partial charge in [0.1, 0.15) is 23.1 Å². The van der Waals surface area contributed by atoms with Crippen molar-refractivity contribution >= 4 is 22.8 Å². The summed E-state index contributed by atoms with van der Waals surface area (Å²) in [6.07, 6.45) is 0.521. The topological polar surface area (TPSA) is 97.9 Å². The number of phenols is 1. The Hall–Kier alpha value is -3.59. The summed E-state index contributed by atoms with van der Waals surface area (Å²) in [4.78, 5) is 34.1. The van der Waals surface area contributed by atoms with Crippen molar-refractivity contribution in [3.05, 3.63) is 59.3 Å². The number of benzene rings is 2. The van der Waals surface area contributed by atoms with Crippen molar-refractivity contribution in [3.8, 4) is 11.5 Å². The number of nitrogens with zero attached hydrogens (tertiary/aromatic N) is 2. The average molecular weight is 509 g/mol. The SMILES string of the molecule is CCCNCCCN1C(=O)N2[C@H](c3cccc(O)c3)c3[nH]c4ccc(OC(C)F)cc4c3C[C@@]2(C)C1=O. The number of carbonyl (C=O) groups excluding carboxylic acids is 2. The Bertz CT molecular complexity index is 1340. The largest absolute Gasteiger partial charge is 0.508 e. The van der Waals surface area contributed by atoms with Crippen LogP contribution in [0.1, 0.15) is 56.5 Å². The molecule has 3 heterocycles. The highest BCUT2D eigenvalue weighted by Gasteiger charge is 2.60. The summed E-state index contributed by atoms with van der Waals surface area (Å²) < 4.78 is 18.9. The molecule has 2 aliphatic heterocycles. The molecule has 37 heavy (non-hydrogen) atoms. The minimum atomic E-state index is -1.46. The van der Waals surface area contributed by atoms with E-state index in [2.05, 4.69) is 17.2 Å². The second kappa shape index (κ2) is 9.70. The number of hydrogen-bond donors (Lipinski definition) is 3. The lowest BCUT2D eigenvalue weighted by Gasteiger charge is -2.42. The lowest BCUT2D eigenvalue weighted by Crippen LogP contribution is -2.53. The van der Waals surface area contributed by atoms with Crippen LogP contribution in [-0.4, -0.2) is 63.4 Å². The third-order valence-electron chi connectivity index (χ3n) is 7.28. The fourth-order valence-corrected chi connectivity index (χ4v) is 5.66. The Kier molecular flexibility index (Phi) is 6.58. The van der Waals surface area contributed by atoms with E-state index in [4.69, 9.17) is 4.74 Å². The summed E-state index contributed by atoms with van der Waals surface area (Å²) in [5.74, 6) is 0.232. The highest BCUT2D eigenvalue weighted by molar-refractivity contribution is 6.08. The summed E-state index contributed by atoms with van der Waals surface area (Å²) in [6.45, 7) is 7.16. The monoisotopic (exact) mass is 508 g/mol. The summed E-state index contributed by atoms with van der Waals surface area (Å²) in [5, 5.41) is 14.4. The van der Waals surface area contributed by atoms with E-state index < -0.39 is 17.9 Å². The fraction of sp³-hybridized carbons (Fsp3) is 0.429. The number of H-pyrrole nitrogens is 1. The van der Waals surface area contributed by atoms with E-state index in [1.54, 1.807) is 35.2 Å². The van der Waals surface area contributed by atoms with Gasteiger partial charge in [0.2, 0.25) is 6.36 Å². The van der Waals surface area contributed by atoms with Gasteiger partial charge >= 0.3 is 6.03 Å². The van der Waals surface area contributed by atoms with Gasteiger partial charge in [-0.25, -0.2) is 9.18 Å². The molecule has 0 bridgehead atoms. The number of amides is 3. The Morgan fingerprint density at radius 2 is 2.05 bits per heavy atom. The molecule has 8 nitrogen and oxygen atoms in total. The van der Waals surface area contributed by atoms with E-state index in [0.717, 1.165) is 41.7 Å². The first kappa shape index (κ1) is 25.1. The minimum absolute atomic E-state index is 0.0758. The predicted molar refractivity (Wildman–Crippen MR) is 138 cm³/mol. The van der Waals surface area contributed by atoms with Crippen LogP contribution in [0, 0.1) is 0 Å². The molecule has 2 aliphatic rings. The van der Waals surface area contributed by atoms with Gasteiger partial charge in [-0.15, -0.1) is 0 Å². The number of aromatic amines is 1. The molecule has 0 saturated carbocycles. The molecule has 0 radical (unpaired) electrons. The molecule has 1 aromatic heterocycles. The van der Waals surface area contributed by atoms with Crippen LogP contribution in [-0.2, 0) is 11.2 Å². The quantitative estimate of drug-likeness (QED) is 0.289. The Morgan fingerprint density at radius 3 is 2.78 bits per heavy atom. The zero-order valence-electron chi connectivity index (χ0n) is 21.4. The highest BCUT2D eigenvalue weighted by Crippen LogP contribution is 2.49. The first-order chi connectivity index (χ1) is 17.7. The molecule has 9 heteroatoms. The summed E-state index contributed by atoms with van der Waals surface area (Å²) in [6, 6.07) is 11.1. The van der Waals surface area contributed by atoms with E-state index in [1.165, 1.54) is 11.8 Å². The number of fused-ring (bicyclic) bond motifs is 4. The number of rotatable bonds is 9. The van der Waals surface area contributed by atoms with Gasteiger partial charge in [0.15, 0.2) is 0 Å². The molecule has 3 atom stereocenters. The predicted octanol–water partition coefficient (Wildman–Crippen LogP) is 4.63. The second-order valence-electron chi connectivity index (χ2n) is 10.0. The first-order valence-corrected chi connectivity index (χ1v) is 12.8. The van der Waals surface area contributed by atoms with Gasteiger partial charge in [-0.3, -0.25) is 14.6 Å². The van der Waals surface area contributed by atoms with Gasteiger partial charge in [-0.1, -0.05) is 19.1 Å². The van der Waals surface area contributed by atoms with Crippen molar-refractivity contribution in [2.45, 2.75) is 58.0 Å². The maximum absolute atomic E-state index is 13.8. The summed E-state index contributed by atoms with van der Waals surface area (Å²) >= 11 is 0. The Balaban J connectivity index is 1.59. The Morgan fingerprint density at radius 1 is 1.24 bits per heavy atom. The molecule has 3 amide bonds. The molecule has 1 fully saturated rings. The van der Waals surface area contributed by atoms with Gasteiger partial charge in [-0.2, -0.15) is 0 Å². The number of halogens is 1. The van der Waals surface area contributed by atoms with Crippen molar-refractivity contribution in [1.29, 1.82) is 0 Å². The van der Waals surface area contributed by atoms with Crippen LogP contribution in [0.3, 0.4) is 0 Å². The molecule has 1 unspecified atom stereocenters. The van der Waals surface area contributed by atoms with E-state index in [0.29, 0.717) is 30.7 Å². The number of carbonyl (C=O) groups is 2. The molecule has 0 spiro atoms. The van der Waals surface area contributed by atoms with Gasteiger partial charge in [-0.05, 0) is 74.3 Å². The van der Waals surface area contributed by atoms with Crippen molar-refractivity contribution in [2.75, 3.05) is 19.6 Å². The lowest BCUT2D eigenvalue weighted by atomic mass is 9.81. The van der Waals surface area contributed by atoms with Gasteiger partial charge in [0.05, 0.1) is 0 Å². The lowest BCUT2D eigenvalue weighted by molar-refractivity contribution is -0.133. The molecule has 1 saturated heterocycles. The van der Waals surface area contributed by atoms with Gasteiger partial charge < -0.3 is 20.1 Å². The maximum Gasteiger partial charge on any atom is 0.328 e. The van der Waals surface area contributed by atoms with Gasteiger partial charge in [0, 0.05) is 36.5 Å². The number of urea groups is 1. The molecule has 196 valence electrons. The average Bonchev–Trinajstić information content (AvgIpc) is 3.29. The number of alkyl halides is 1. The van der Waals surface area contributed by atoms with E-state index >= 15 is 0 Å². The number of aromatic hydroxyl groups is 1. The Labute approximate surface area is 215 Å². The molecule has 0 aliphatic carbocycles. The van der Waals surface area contributed by atoms with E-state index in [-0.39, 0.29) is 17.7 Å². The molecule has 2 aromatic carbocycles. The maximum atomic E-state index is 13.8. The van der Waals surface area contributed by atoms with E-state index in [1.807, 2.05) is 19.1 Å². The van der Waals surface area contributed by atoms with Crippen molar-refractivity contribution in [3.63, 3.8) is 0 Å². The van der Waals surface area contributed by atoms with Crippen LogP contribution in [0.5, 0.6) is 11.5 Å². The first-order valence-electron chi connectivity index (χ1n) is 12.8.